The number of benzene rings is 1. The van der Waals surface area contributed by atoms with Gasteiger partial charge in [0, 0.05) is 11.1 Å². The third-order valence-electron chi connectivity index (χ3n) is 2.20. The Hall–Kier alpha value is -1.90. The van der Waals surface area contributed by atoms with Gasteiger partial charge in [-0.2, -0.15) is 0 Å². The molecule has 0 unspecified atom stereocenters. The highest BCUT2D eigenvalue weighted by Crippen LogP contribution is 2.20. The van der Waals surface area contributed by atoms with E-state index in [4.69, 9.17) is 4.74 Å². The Labute approximate surface area is 88.7 Å². The minimum absolute atomic E-state index is 0.578. The molecule has 0 radical (unpaired) electrons. The van der Waals surface area contributed by atoms with Gasteiger partial charge in [-0.1, -0.05) is 30.3 Å². The van der Waals surface area contributed by atoms with Crippen molar-refractivity contribution in [3.05, 3.63) is 42.0 Å². The van der Waals surface area contributed by atoms with Gasteiger partial charge in [-0.25, -0.2) is 0 Å². The first kappa shape index (κ1) is 9.65. The van der Waals surface area contributed by atoms with Crippen molar-refractivity contribution in [2.24, 2.45) is 0 Å². The zero-order valence-corrected chi connectivity index (χ0v) is 8.77. The number of hydrogen-bond donors (Lipinski definition) is 0. The summed E-state index contributed by atoms with van der Waals surface area (Å²) in [4.78, 5) is 0. The smallest absolute Gasteiger partial charge is 0.236 e. The van der Waals surface area contributed by atoms with Gasteiger partial charge in [-0.3, -0.25) is 0 Å². The molecule has 0 fully saturated rings. The van der Waals surface area contributed by atoms with Crippen molar-refractivity contribution in [3.8, 4) is 17.1 Å². The second-order valence-corrected chi connectivity index (χ2v) is 3.29. The van der Waals surface area contributed by atoms with Crippen LogP contribution in [0.3, 0.4) is 0 Å². The molecule has 0 amide bonds. The van der Waals surface area contributed by atoms with Crippen LogP contribution in [0.2, 0.25) is 0 Å². The Morgan fingerprint density at radius 2 is 1.80 bits per heavy atom. The van der Waals surface area contributed by atoms with Crippen LogP contribution in [0.4, 0.5) is 0 Å². The fraction of sp³-hybridized carbons (Fsp3) is 0.167. The van der Waals surface area contributed by atoms with E-state index in [1.807, 2.05) is 43.3 Å². The lowest BCUT2D eigenvalue weighted by atomic mass is 10.1. The Kier molecular flexibility index (Phi) is 2.63. The summed E-state index contributed by atoms with van der Waals surface area (Å²) in [5.74, 6) is 0.578. The standard InChI is InChI=1S/C12H12N2O/c1-9-8-11(13-14-12(9)15-2)10-6-4-3-5-7-10/h3-8H,1-2H3. The Balaban J connectivity index is 2.43. The van der Waals surface area contributed by atoms with E-state index in [2.05, 4.69) is 10.2 Å². The molecule has 0 saturated carbocycles. The fourth-order valence-electron chi connectivity index (χ4n) is 1.43. The van der Waals surface area contributed by atoms with Gasteiger partial charge < -0.3 is 4.74 Å². The van der Waals surface area contributed by atoms with Crippen molar-refractivity contribution in [2.45, 2.75) is 6.92 Å². The van der Waals surface area contributed by atoms with Crippen LogP contribution in [0.5, 0.6) is 5.88 Å². The van der Waals surface area contributed by atoms with E-state index in [1.165, 1.54) is 0 Å². The highest BCUT2D eigenvalue weighted by molar-refractivity contribution is 5.59. The van der Waals surface area contributed by atoms with Crippen LogP contribution < -0.4 is 4.74 Å². The Bertz CT molecular complexity index is 454. The lowest BCUT2D eigenvalue weighted by molar-refractivity contribution is 0.389. The molecule has 0 aliphatic heterocycles. The molecule has 15 heavy (non-hydrogen) atoms. The molecule has 1 aromatic heterocycles. The minimum Gasteiger partial charge on any atom is -0.480 e. The van der Waals surface area contributed by atoms with Crippen molar-refractivity contribution in [2.75, 3.05) is 7.11 Å². The largest absolute Gasteiger partial charge is 0.480 e. The maximum Gasteiger partial charge on any atom is 0.236 e. The third kappa shape index (κ3) is 1.96. The summed E-state index contributed by atoms with van der Waals surface area (Å²) in [6, 6.07) is 11.9. The normalized spacial score (nSPS) is 10.0. The van der Waals surface area contributed by atoms with E-state index in [9.17, 15) is 0 Å². The molecule has 0 spiro atoms. The van der Waals surface area contributed by atoms with Gasteiger partial charge in [0.25, 0.3) is 0 Å². The van der Waals surface area contributed by atoms with E-state index in [-0.39, 0.29) is 0 Å². The zero-order valence-electron chi connectivity index (χ0n) is 8.77. The molecule has 0 saturated heterocycles. The average molecular weight is 200 g/mol. The first-order valence-electron chi connectivity index (χ1n) is 4.75. The van der Waals surface area contributed by atoms with Crippen molar-refractivity contribution in [1.82, 2.24) is 10.2 Å². The number of aromatic nitrogens is 2. The monoisotopic (exact) mass is 200 g/mol. The van der Waals surface area contributed by atoms with Crippen molar-refractivity contribution in [3.63, 3.8) is 0 Å². The molecule has 0 bridgehead atoms. The maximum atomic E-state index is 5.06. The van der Waals surface area contributed by atoms with E-state index in [0.717, 1.165) is 16.8 Å². The highest BCUT2D eigenvalue weighted by Gasteiger charge is 2.04. The van der Waals surface area contributed by atoms with Gasteiger partial charge in [0.2, 0.25) is 5.88 Å². The molecule has 2 rings (SSSR count). The van der Waals surface area contributed by atoms with Gasteiger partial charge in [0.15, 0.2) is 0 Å². The van der Waals surface area contributed by atoms with Crippen LogP contribution in [0.1, 0.15) is 5.56 Å². The third-order valence-corrected chi connectivity index (χ3v) is 2.20. The Morgan fingerprint density at radius 1 is 1.07 bits per heavy atom. The summed E-state index contributed by atoms with van der Waals surface area (Å²) >= 11 is 0. The van der Waals surface area contributed by atoms with E-state index < -0.39 is 0 Å². The first-order valence-corrected chi connectivity index (χ1v) is 4.75. The Morgan fingerprint density at radius 3 is 2.40 bits per heavy atom. The van der Waals surface area contributed by atoms with Gasteiger partial charge in [-0.05, 0) is 13.0 Å². The molecular weight excluding hydrogens is 188 g/mol. The SMILES string of the molecule is COc1nnc(-c2ccccc2)cc1C. The first-order chi connectivity index (χ1) is 7.31. The molecule has 3 nitrogen and oxygen atoms in total. The molecular formula is C12H12N2O. The number of ether oxygens (including phenoxy) is 1. The number of methoxy groups -OCH3 is 1. The van der Waals surface area contributed by atoms with Crippen molar-refractivity contribution < 1.29 is 4.74 Å². The predicted octanol–water partition coefficient (Wildman–Crippen LogP) is 2.46. The fourth-order valence-corrected chi connectivity index (χ4v) is 1.43. The second-order valence-electron chi connectivity index (χ2n) is 3.29. The zero-order chi connectivity index (χ0) is 10.7. The summed E-state index contributed by atoms with van der Waals surface area (Å²) in [5, 5.41) is 8.11. The minimum atomic E-state index is 0.578. The van der Waals surface area contributed by atoms with Gasteiger partial charge in [-0.15, -0.1) is 10.2 Å². The summed E-state index contributed by atoms with van der Waals surface area (Å²) in [5.41, 5.74) is 2.93. The molecule has 2 aromatic rings. The van der Waals surface area contributed by atoms with Crippen LogP contribution in [0.25, 0.3) is 11.3 Å². The molecule has 0 atom stereocenters. The molecule has 0 N–H and O–H groups in total. The molecule has 1 heterocycles. The van der Waals surface area contributed by atoms with Crippen LogP contribution in [0.15, 0.2) is 36.4 Å². The molecule has 3 heteroatoms. The van der Waals surface area contributed by atoms with Crippen LogP contribution in [-0.4, -0.2) is 17.3 Å². The summed E-state index contributed by atoms with van der Waals surface area (Å²) < 4.78 is 5.06. The predicted molar refractivity (Wildman–Crippen MR) is 58.8 cm³/mol. The number of aryl methyl sites for hydroxylation is 1. The summed E-state index contributed by atoms with van der Waals surface area (Å²) in [6.45, 7) is 1.96. The lowest BCUT2D eigenvalue weighted by Crippen LogP contribution is -1.95. The summed E-state index contributed by atoms with van der Waals surface area (Å²) in [7, 11) is 1.60. The maximum absolute atomic E-state index is 5.06. The van der Waals surface area contributed by atoms with Gasteiger partial charge in [0.1, 0.15) is 0 Å². The number of rotatable bonds is 2. The van der Waals surface area contributed by atoms with Gasteiger partial charge in [0.05, 0.1) is 12.8 Å². The van der Waals surface area contributed by atoms with Gasteiger partial charge >= 0.3 is 0 Å². The van der Waals surface area contributed by atoms with Crippen LogP contribution in [0, 0.1) is 6.92 Å². The molecule has 0 aliphatic carbocycles. The molecule has 1 aromatic carbocycles. The van der Waals surface area contributed by atoms with Crippen molar-refractivity contribution >= 4 is 0 Å². The highest BCUT2D eigenvalue weighted by atomic mass is 16.5. The second kappa shape index (κ2) is 4.09. The topological polar surface area (TPSA) is 35.0 Å². The van der Waals surface area contributed by atoms with Crippen LogP contribution in [-0.2, 0) is 0 Å². The van der Waals surface area contributed by atoms with E-state index in [1.54, 1.807) is 7.11 Å². The number of nitrogens with zero attached hydrogens (tertiary/aromatic N) is 2. The quantitative estimate of drug-likeness (QED) is 0.747. The summed E-state index contributed by atoms with van der Waals surface area (Å²) in [6.07, 6.45) is 0. The van der Waals surface area contributed by atoms with E-state index >= 15 is 0 Å². The van der Waals surface area contributed by atoms with Crippen molar-refractivity contribution in [1.29, 1.82) is 0 Å². The number of hydrogen-bond acceptors (Lipinski definition) is 3. The molecule has 76 valence electrons. The lowest BCUT2D eigenvalue weighted by Gasteiger charge is -2.04. The average Bonchev–Trinajstić information content (AvgIpc) is 2.30. The molecule has 0 aliphatic rings. The van der Waals surface area contributed by atoms with E-state index in [0.29, 0.717) is 5.88 Å². The van der Waals surface area contributed by atoms with Crippen LogP contribution >= 0.6 is 0 Å².